The number of aromatic nitrogens is 1. The average Bonchev–Trinajstić information content (AvgIpc) is 3.02. The first-order valence-electron chi connectivity index (χ1n) is 6.62. The van der Waals surface area contributed by atoms with Gasteiger partial charge in [-0.2, -0.15) is 0 Å². The quantitative estimate of drug-likeness (QED) is 0.889. The third kappa shape index (κ3) is 4.13. The Hall–Kier alpha value is -2.21. The molecule has 0 aromatic carbocycles. The fourth-order valence-electron chi connectivity index (χ4n) is 1.81. The highest BCUT2D eigenvalue weighted by Crippen LogP contribution is 2.11. The van der Waals surface area contributed by atoms with E-state index in [9.17, 15) is 9.59 Å². The van der Waals surface area contributed by atoms with Crippen molar-refractivity contribution in [2.24, 2.45) is 0 Å². The molecule has 2 aromatic heterocycles. The lowest BCUT2D eigenvalue weighted by molar-refractivity contribution is -0.123. The topological polar surface area (TPSA) is 71.1 Å². The maximum atomic E-state index is 12.1. The van der Waals surface area contributed by atoms with Crippen LogP contribution in [0.2, 0.25) is 0 Å². The van der Waals surface area contributed by atoms with Gasteiger partial charge in [0.25, 0.3) is 5.91 Å². The number of carbonyl (C=O) groups excluding carboxylic acids is 2. The first-order valence-corrected chi connectivity index (χ1v) is 7.50. The highest BCUT2D eigenvalue weighted by Gasteiger charge is 2.19. The fraction of sp³-hybridized carbons (Fsp3) is 0.267. The fourth-order valence-corrected chi connectivity index (χ4v) is 2.44. The number of pyridine rings is 1. The molecule has 0 saturated carbocycles. The minimum absolute atomic E-state index is 0.137. The predicted octanol–water partition coefficient (Wildman–Crippen LogP) is 2.14. The SMILES string of the molecule is CC(NC(=O)c1cccs1)C(=O)NC(C)c1ccncc1. The summed E-state index contributed by atoms with van der Waals surface area (Å²) in [6.07, 6.45) is 3.36. The molecule has 6 heteroatoms. The Labute approximate surface area is 127 Å². The van der Waals surface area contributed by atoms with Gasteiger partial charge in [-0.15, -0.1) is 11.3 Å². The summed E-state index contributed by atoms with van der Waals surface area (Å²) in [6.45, 7) is 3.56. The summed E-state index contributed by atoms with van der Waals surface area (Å²) >= 11 is 1.34. The van der Waals surface area contributed by atoms with Crippen LogP contribution in [0.3, 0.4) is 0 Å². The molecule has 2 rings (SSSR count). The second kappa shape index (κ2) is 6.99. The molecule has 110 valence electrons. The van der Waals surface area contributed by atoms with Crippen molar-refractivity contribution in [1.82, 2.24) is 15.6 Å². The van der Waals surface area contributed by atoms with Crippen molar-refractivity contribution < 1.29 is 9.59 Å². The van der Waals surface area contributed by atoms with Crippen molar-refractivity contribution in [3.05, 3.63) is 52.5 Å². The molecule has 0 aliphatic carbocycles. The lowest BCUT2D eigenvalue weighted by Gasteiger charge is -2.18. The first-order chi connectivity index (χ1) is 10.1. The van der Waals surface area contributed by atoms with Crippen LogP contribution in [0.4, 0.5) is 0 Å². The van der Waals surface area contributed by atoms with Gasteiger partial charge in [-0.3, -0.25) is 14.6 Å². The predicted molar refractivity (Wildman–Crippen MR) is 82.0 cm³/mol. The van der Waals surface area contributed by atoms with Crippen molar-refractivity contribution >= 4 is 23.2 Å². The van der Waals surface area contributed by atoms with Crippen molar-refractivity contribution in [3.8, 4) is 0 Å². The molecule has 0 saturated heterocycles. The van der Waals surface area contributed by atoms with Gasteiger partial charge in [0, 0.05) is 12.4 Å². The Morgan fingerprint density at radius 1 is 1.14 bits per heavy atom. The van der Waals surface area contributed by atoms with Gasteiger partial charge in [0.05, 0.1) is 10.9 Å². The van der Waals surface area contributed by atoms with Crippen LogP contribution in [0.5, 0.6) is 0 Å². The zero-order valence-corrected chi connectivity index (χ0v) is 12.7. The van der Waals surface area contributed by atoms with E-state index in [4.69, 9.17) is 0 Å². The molecule has 2 N–H and O–H groups in total. The lowest BCUT2D eigenvalue weighted by atomic mass is 10.1. The number of hydrogen-bond acceptors (Lipinski definition) is 4. The maximum absolute atomic E-state index is 12.1. The highest BCUT2D eigenvalue weighted by atomic mass is 32.1. The standard InChI is InChI=1S/C15H17N3O2S/c1-10(12-5-7-16-8-6-12)17-14(19)11(2)18-15(20)13-4-3-9-21-13/h3-11H,1-2H3,(H,17,19)(H,18,20). The van der Waals surface area contributed by atoms with E-state index in [0.717, 1.165) is 5.56 Å². The molecule has 0 bridgehead atoms. The van der Waals surface area contributed by atoms with Crippen molar-refractivity contribution in [2.75, 3.05) is 0 Å². The second-order valence-electron chi connectivity index (χ2n) is 4.68. The number of nitrogens with one attached hydrogen (secondary N) is 2. The van der Waals surface area contributed by atoms with Crippen LogP contribution in [0.15, 0.2) is 42.0 Å². The summed E-state index contributed by atoms with van der Waals surface area (Å²) in [7, 11) is 0. The van der Waals surface area contributed by atoms with Gasteiger partial charge < -0.3 is 10.6 Å². The third-order valence-corrected chi connectivity index (χ3v) is 3.92. The molecule has 5 nitrogen and oxygen atoms in total. The molecule has 0 radical (unpaired) electrons. The normalized spacial score (nSPS) is 13.2. The molecule has 21 heavy (non-hydrogen) atoms. The van der Waals surface area contributed by atoms with Crippen molar-refractivity contribution in [2.45, 2.75) is 25.9 Å². The van der Waals surface area contributed by atoms with Crippen LogP contribution in [0, 0.1) is 0 Å². The summed E-state index contributed by atoms with van der Waals surface area (Å²) in [5.41, 5.74) is 0.968. The summed E-state index contributed by atoms with van der Waals surface area (Å²) in [5.74, 6) is -0.451. The van der Waals surface area contributed by atoms with Gasteiger partial charge in [0.1, 0.15) is 6.04 Å². The Kier molecular flexibility index (Phi) is 5.05. The zero-order valence-electron chi connectivity index (χ0n) is 11.9. The summed E-state index contributed by atoms with van der Waals surface area (Å²) < 4.78 is 0. The summed E-state index contributed by atoms with van der Waals surface area (Å²) in [4.78, 5) is 28.5. The smallest absolute Gasteiger partial charge is 0.261 e. The Morgan fingerprint density at radius 2 is 1.86 bits per heavy atom. The molecular formula is C15H17N3O2S. The molecule has 2 heterocycles. The Morgan fingerprint density at radius 3 is 2.48 bits per heavy atom. The summed E-state index contributed by atoms with van der Waals surface area (Å²) in [6, 6.07) is 6.49. The lowest BCUT2D eigenvalue weighted by Crippen LogP contribution is -2.45. The van der Waals surface area contributed by atoms with E-state index < -0.39 is 6.04 Å². The maximum Gasteiger partial charge on any atom is 0.261 e. The molecule has 0 aliphatic rings. The van der Waals surface area contributed by atoms with Gasteiger partial charge >= 0.3 is 0 Å². The van der Waals surface area contributed by atoms with Crippen LogP contribution in [0.25, 0.3) is 0 Å². The van der Waals surface area contributed by atoms with Gasteiger partial charge in [-0.25, -0.2) is 0 Å². The van der Waals surface area contributed by atoms with Crippen molar-refractivity contribution in [3.63, 3.8) is 0 Å². The molecule has 0 aliphatic heterocycles. The largest absolute Gasteiger partial charge is 0.348 e. The number of nitrogens with zero attached hydrogens (tertiary/aromatic N) is 1. The molecule has 2 unspecified atom stereocenters. The van der Waals surface area contributed by atoms with Gasteiger partial charge in [0.2, 0.25) is 5.91 Å². The molecular weight excluding hydrogens is 286 g/mol. The molecule has 2 atom stereocenters. The monoisotopic (exact) mass is 303 g/mol. The average molecular weight is 303 g/mol. The van der Waals surface area contributed by atoms with E-state index >= 15 is 0 Å². The van der Waals surface area contributed by atoms with Crippen molar-refractivity contribution in [1.29, 1.82) is 0 Å². The first kappa shape index (κ1) is 15.2. The molecule has 0 fully saturated rings. The van der Waals surface area contributed by atoms with Gasteiger partial charge in [0.15, 0.2) is 0 Å². The Bertz CT molecular complexity index is 599. The Balaban J connectivity index is 1.89. The van der Waals surface area contributed by atoms with E-state index in [0.29, 0.717) is 4.88 Å². The van der Waals surface area contributed by atoms with Crippen LogP contribution < -0.4 is 10.6 Å². The van der Waals surface area contributed by atoms with Gasteiger partial charge in [-0.05, 0) is 43.0 Å². The van der Waals surface area contributed by atoms with E-state index in [2.05, 4.69) is 15.6 Å². The van der Waals surface area contributed by atoms with E-state index in [1.165, 1.54) is 11.3 Å². The van der Waals surface area contributed by atoms with Crippen LogP contribution in [0.1, 0.15) is 35.1 Å². The minimum atomic E-state index is -0.594. The molecule has 0 spiro atoms. The number of thiophene rings is 1. The summed E-state index contributed by atoms with van der Waals surface area (Å²) in [5, 5.41) is 7.38. The number of rotatable bonds is 5. The van der Waals surface area contributed by atoms with Gasteiger partial charge in [-0.1, -0.05) is 6.07 Å². The zero-order chi connectivity index (χ0) is 15.2. The van der Waals surface area contributed by atoms with E-state index in [1.54, 1.807) is 31.5 Å². The molecule has 2 amide bonds. The van der Waals surface area contributed by atoms with Crippen LogP contribution in [-0.2, 0) is 4.79 Å². The number of hydrogen-bond donors (Lipinski definition) is 2. The highest BCUT2D eigenvalue weighted by molar-refractivity contribution is 7.12. The third-order valence-electron chi connectivity index (χ3n) is 3.05. The number of carbonyl (C=O) groups is 2. The molecule has 2 aromatic rings. The van der Waals surface area contributed by atoms with Crippen LogP contribution in [-0.4, -0.2) is 22.8 Å². The van der Waals surface area contributed by atoms with E-state index in [-0.39, 0.29) is 17.9 Å². The van der Waals surface area contributed by atoms with E-state index in [1.807, 2.05) is 24.4 Å². The second-order valence-corrected chi connectivity index (χ2v) is 5.63. The van der Waals surface area contributed by atoms with Crippen LogP contribution >= 0.6 is 11.3 Å². The minimum Gasteiger partial charge on any atom is -0.348 e. The number of amides is 2.